The average Bonchev–Trinajstić information content (AvgIpc) is 3.14. The number of allylic oxidation sites excluding steroid dienone is 1. The Bertz CT molecular complexity index is 772. The highest BCUT2D eigenvalue weighted by Gasteiger charge is 2.30. The van der Waals surface area contributed by atoms with Gasteiger partial charge >= 0.3 is 5.91 Å². The zero-order valence-electron chi connectivity index (χ0n) is 16.7. The van der Waals surface area contributed by atoms with Crippen molar-refractivity contribution in [3.8, 4) is 11.1 Å². The number of likely N-dealkylation sites (N-methyl/N-ethyl adjacent to an activating group) is 1. The van der Waals surface area contributed by atoms with Crippen molar-refractivity contribution >= 4 is 5.91 Å². The van der Waals surface area contributed by atoms with E-state index in [4.69, 9.17) is 0 Å². The minimum absolute atomic E-state index is 0.154. The number of hydrogen-bond acceptors (Lipinski definition) is 1. The summed E-state index contributed by atoms with van der Waals surface area (Å²) in [5.41, 5.74) is 2.26. The fourth-order valence-corrected chi connectivity index (χ4v) is 4.11. The number of carbonyl (C=O) groups is 1. The molecule has 0 atom stereocenters. The van der Waals surface area contributed by atoms with Crippen molar-refractivity contribution in [2.75, 3.05) is 27.2 Å². The summed E-state index contributed by atoms with van der Waals surface area (Å²) in [7, 11) is 4.35. The van der Waals surface area contributed by atoms with Crippen molar-refractivity contribution in [2.24, 2.45) is 5.92 Å². The molecule has 1 saturated carbocycles. The molecule has 2 heterocycles. The number of nitrogens with zero attached hydrogens (tertiary/aromatic N) is 3. The highest BCUT2D eigenvalue weighted by Crippen LogP contribution is 2.26. The first-order valence-corrected chi connectivity index (χ1v) is 9.94. The number of carbonyl (C=O) groups excluding carboxylic acids is 1. The third-order valence-electron chi connectivity index (χ3n) is 5.47. The van der Waals surface area contributed by atoms with Gasteiger partial charge in [0.2, 0.25) is 6.54 Å². The van der Waals surface area contributed by atoms with Crippen LogP contribution < -0.4 is 9.13 Å². The van der Waals surface area contributed by atoms with Crippen LogP contribution in [0.3, 0.4) is 0 Å². The molecule has 1 fully saturated rings. The lowest BCUT2D eigenvalue weighted by atomic mass is 10.1. The number of aromatic nitrogens is 2. The van der Waals surface area contributed by atoms with Crippen LogP contribution in [0, 0.1) is 5.92 Å². The summed E-state index contributed by atoms with van der Waals surface area (Å²) in [5.74, 6) is 0.934. The highest BCUT2D eigenvalue weighted by atomic mass is 16.2. The van der Waals surface area contributed by atoms with Crippen LogP contribution in [0.2, 0.25) is 0 Å². The fourth-order valence-electron chi connectivity index (χ4n) is 4.11. The molecule has 0 radical (unpaired) electrons. The van der Waals surface area contributed by atoms with E-state index in [0.29, 0.717) is 6.54 Å². The first kappa shape index (κ1) is 19.4. The van der Waals surface area contributed by atoms with Gasteiger partial charge in [0.1, 0.15) is 0 Å². The van der Waals surface area contributed by atoms with Crippen LogP contribution >= 0.6 is 0 Å². The van der Waals surface area contributed by atoms with Gasteiger partial charge in [0.25, 0.3) is 0 Å². The van der Waals surface area contributed by atoms with Crippen molar-refractivity contribution in [1.82, 2.24) is 0 Å². The number of quaternary nitrogens is 1. The van der Waals surface area contributed by atoms with Gasteiger partial charge in [0, 0.05) is 30.2 Å². The Labute approximate surface area is 163 Å². The second-order valence-electron chi connectivity index (χ2n) is 8.39. The molecule has 0 bridgehead atoms. The third kappa shape index (κ3) is 5.33. The maximum absolute atomic E-state index is 12.7. The van der Waals surface area contributed by atoms with Crippen molar-refractivity contribution in [3.63, 3.8) is 0 Å². The Kier molecular flexibility index (Phi) is 6.17. The molecule has 0 spiro atoms. The van der Waals surface area contributed by atoms with Gasteiger partial charge in [-0.1, -0.05) is 19.4 Å². The minimum Gasteiger partial charge on any atom is -0.316 e. The molecule has 0 N–H and O–H groups in total. The van der Waals surface area contributed by atoms with Gasteiger partial charge in [-0.05, 0) is 30.0 Å². The first-order valence-electron chi connectivity index (χ1n) is 9.94. The Hall–Kier alpha value is -2.33. The summed E-state index contributed by atoms with van der Waals surface area (Å²) in [5, 5.41) is 0. The molecular weight excluding hydrogens is 334 g/mol. The summed E-state index contributed by atoms with van der Waals surface area (Å²) in [4.78, 5) is 12.7. The van der Waals surface area contributed by atoms with Gasteiger partial charge in [-0.2, -0.15) is 0 Å². The van der Waals surface area contributed by atoms with Crippen LogP contribution in [0.25, 0.3) is 11.1 Å². The Morgan fingerprint density at radius 3 is 2.19 bits per heavy atom. The summed E-state index contributed by atoms with van der Waals surface area (Å²) in [6, 6.07) is 8.21. The molecule has 2 aromatic rings. The molecule has 0 unspecified atom stereocenters. The van der Waals surface area contributed by atoms with Crippen LogP contribution in [-0.4, -0.2) is 37.6 Å². The summed E-state index contributed by atoms with van der Waals surface area (Å²) < 4.78 is 4.56. The van der Waals surface area contributed by atoms with Crippen LogP contribution in [0.4, 0.5) is 0 Å². The number of hydrogen-bond donors (Lipinski definition) is 0. The molecular formula is C23H32N3O+3. The zero-order chi connectivity index (χ0) is 19.3. The van der Waals surface area contributed by atoms with Crippen LogP contribution in [0.5, 0.6) is 0 Å². The topological polar surface area (TPSA) is 24.8 Å². The standard InChI is InChI=1S/C23H32N3O/c1-4-13-24-14-9-21(10-15-24)22-11-16-25(17-12-22)23(27)19-26(2,3)18-20-7-5-6-8-20/h4,9-12,14-17,20H,1,5-8,13,18-19H2,2-3H3/q+3. The molecule has 4 nitrogen and oxygen atoms in total. The van der Waals surface area contributed by atoms with E-state index < -0.39 is 0 Å². The average molecular weight is 367 g/mol. The van der Waals surface area contributed by atoms with Gasteiger partial charge in [-0.15, -0.1) is 4.57 Å². The summed E-state index contributed by atoms with van der Waals surface area (Å²) in [6.45, 7) is 6.20. The van der Waals surface area contributed by atoms with E-state index in [2.05, 4.69) is 37.4 Å². The number of pyridine rings is 2. The second kappa shape index (κ2) is 8.57. The molecule has 1 aliphatic rings. The second-order valence-corrected chi connectivity index (χ2v) is 8.39. The largest absolute Gasteiger partial charge is 0.446 e. The highest BCUT2D eigenvalue weighted by molar-refractivity contribution is 5.68. The monoisotopic (exact) mass is 366 g/mol. The lowest BCUT2D eigenvalue weighted by Crippen LogP contribution is -2.55. The van der Waals surface area contributed by atoms with E-state index in [0.717, 1.165) is 34.6 Å². The summed E-state index contributed by atoms with van der Waals surface area (Å²) >= 11 is 0. The van der Waals surface area contributed by atoms with Crippen LogP contribution in [0.15, 0.2) is 61.7 Å². The predicted molar refractivity (Wildman–Crippen MR) is 107 cm³/mol. The molecule has 0 aromatic carbocycles. The smallest absolute Gasteiger partial charge is 0.316 e. The maximum atomic E-state index is 12.7. The molecule has 4 heteroatoms. The molecule has 1 aliphatic carbocycles. The van der Waals surface area contributed by atoms with Crippen molar-refractivity contribution in [1.29, 1.82) is 0 Å². The maximum Gasteiger partial charge on any atom is 0.446 e. The molecule has 0 amide bonds. The zero-order valence-corrected chi connectivity index (χ0v) is 16.7. The lowest BCUT2D eigenvalue weighted by Gasteiger charge is -2.30. The Balaban J connectivity index is 1.63. The van der Waals surface area contributed by atoms with E-state index in [9.17, 15) is 4.79 Å². The molecule has 2 aromatic heterocycles. The van der Waals surface area contributed by atoms with E-state index in [-0.39, 0.29) is 5.91 Å². The van der Waals surface area contributed by atoms with Gasteiger partial charge in [0.15, 0.2) is 31.3 Å². The molecule has 3 rings (SSSR count). The van der Waals surface area contributed by atoms with E-state index in [1.54, 1.807) is 4.57 Å². The Morgan fingerprint density at radius 1 is 1.07 bits per heavy atom. The first-order chi connectivity index (χ1) is 13.0. The predicted octanol–water partition coefficient (Wildman–Crippen LogP) is 3.02. The van der Waals surface area contributed by atoms with Gasteiger partial charge in [-0.3, -0.25) is 0 Å². The normalized spacial score (nSPS) is 15.0. The molecule has 142 valence electrons. The number of rotatable bonds is 7. The minimum atomic E-state index is 0.154. The van der Waals surface area contributed by atoms with E-state index in [1.165, 1.54) is 25.7 Å². The Morgan fingerprint density at radius 2 is 1.63 bits per heavy atom. The molecule has 0 aliphatic heterocycles. The summed E-state index contributed by atoms with van der Waals surface area (Å²) in [6.07, 6.45) is 15.1. The SMILES string of the molecule is C=CC[n+]1ccc(-c2cc[n+](C(=O)C[N+](C)(C)CC3CCCC3)cc2)cc1. The van der Waals surface area contributed by atoms with E-state index in [1.807, 2.05) is 43.0 Å². The lowest BCUT2D eigenvalue weighted by molar-refractivity contribution is -0.890. The third-order valence-corrected chi connectivity index (χ3v) is 5.47. The molecule has 0 saturated heterocycles. The van der Waals surface area contributed by atoms with Crippen molar-refractivity contribution < 1.29 is 18.4 Å². The quantitative estimate of drug-likeness (QED) is 0.420. The van der Waals surface area contributed by atoms with Crippen molar-refractivity contribution in [2.45, 2.75) is 32.2 Å². The van der Waals surface area contributed by atoms with Gasteiger partial charge in [0.05, 0.1) is 20.6 Å². The van der Waals surface area contributed by atoms with Crippen LogP contribution in [0.1, 0.15) is 30.5 Å². The fraction of sp³-hybridized carbons (Fsp3) is 0.435. The van der Waals surface area contributed by atoms with Gasteiger partial charge in [-0.25, -0.2) is 9.36 Å². The van der Waals surface area contributed by atoms with Crippen molar-refractivity contribution in [3.05, 3.63) is 61.7 Å². The van der Waals surface area contributed by atoms with Crippen LogP contribution in [-0.2, 0) is 6.54 Å². The van der Waals surface area contributed by atoms with Gasteiger partial charge < -0.3 is 4.48 Å². The molecule has 27 heavy (non-hydrogen) atoms. The van der Waals surface area contributed by atoms with E-state index >= 15 is 0 Å².